The van der Waals surface area contributed by atoms with E-state index >= 15 is 0 Å². The summed E-state index contributed by atoms with van der Waals surface area (Å²) in [6.45, 7) is 0.171. The number of allylic oxidation sites excluding steroid dienone is 1. The largest absolute Gasteiger partial charge is 0.454 e. The highest BCUT2D eigenvalue weighted by atomic mass is 16.7. The highest BCUT2D eigenvalue weighted by Gasteiger charge is 2.31. The molecule has 7 heteroatoms. The van der Waals surface area contributed by atoms with E-state index in [1.807, 2.05) is 54.6 Å². The summed E-state index contributed by atoms with van der Waals surface area (Å²) >= 11 is 0. The molecule has 29 heavy (non-hydrogen) atoms. The quantitative estimate of drug-likeness (QED) is 0.672. The van der Waals surface area contributed by atoms with Crippen molar-refractivity contribution in [2.45, 2.75) is 5.92 Å². The number of nitrogens with zero attached hydrogens (tertiary/aromatic N) is 2. The second kappa shape index (κ2) is 6.41. The zero-order valence-electron chi connectivity index (χ0n) is 15.9. The van der Waals surface area contributed by atoms with Crippen LogP contribution in [0.3, 0.4) is 0 Å². The Morgan fingerprint density at radius 2 is 1.69 bits per heavy atom. The summed E-state index contributed by atoms with van der Waals surface area (Å²) in [5.41, 5.74) is 1.30. The van der Waals surface area contributed by atoms with Crippen LogP contribution in [0.5, 0.6) is 17.4 Å². The summed E-state index contributed by atoms with van der Waals surface area (Å²) in [5, 5.41) is 0. The molecule has 146 valence electrons. The van der Waals surface area contributed by atoms with Crippen LogP contribution in [0.1, 0.15) is 22.6 Å². The van der Waals surface area contributed by atoms with Crippen LogP contribution in [0.4, 0.5) is 0 Å². The van der Waals surface area contributed by atoms with E-state index in [4.69, 9.17) is 14.2 Å². The molecular weight excluding hydrogens is 372 g/mol. The fourth-order valence-corrected chi connectivity index (χ4v) is 3.74. The van der Waals surface area contributed by atoms with E-state index in [-0.39, 0.29) is 18.2 Å². The van der Waals surface area contributed by atoms with Gasteiger partial charge >= 0.3 is 5.69 Å². The molecule has 3 heterocycles. The standard InChI is InChI=1S/C22H18N2O5/c1-23-20(25)19-15(14-8-9-16-18(10-14)28-12-27-16)11-17(13-6-4-3-5-7-13)29-21(19)24(2)22(23)26/h3-11,15H,12H2,1-2H3/t15-/m0/s1. The molecule has 0 fully saturated rings. The Bertz CT molecular complexity index is 1270. The molecule has 0 N–H and O–H groups in total. The molecular formula is C22H18N2O5. The Balaban J connectivity index is 1.77. The summed E-state index contributed by atoms with van der Waals surface area (Å²) in [5.74, 6) is 1.73. The fourth-order valence-electron chi connectivity index (χ4n) is 3.74. The van der Waals surface area contributed by atoms with Crippen molar-refractivity contribution in [3.63, 3.8) is 0 Å². The molecule has 2 aliphatic heterocycles. The van der Waals surface area contributed by atoms with Crippen molar-refractivity contribution < 1.29 is 14.2 Å². The number of fused-ring (bicyclic) bond motifs is 2. The van der Waals surface area contributed by atoms with Gasteiger partial charge in [-0.15, -0.1) is 0 Å². The third-order valence-corrected chi connectivity index (χ3v) is 5.29. The summed E-state index contributed by atoms with van der Waals surface area (Å²) in [6.07, 6.45) is 1.90. The van der Waals surface area contributed by atoms with Crippen LogP contribution < -0.4 is 25.5 Å². The number of aromatic nitrogens is 2. The van der Waals surface area contributed by atoms with Gasteiger partial charge in [-0.1, -0.05) is 36.4 Å². The first-order valence-corrected chi connectivity index (χ1v) is 9.19. The molecule has 0 amide bonds. The Morgan fingerprint density at radius 1 is 0.931 bits per heavy atom. The Hall–Kier alpha value is -3.74. The minimum atomic E-state index is -0.438. The molecule has 0 radical (unpaired) electrons. The maximum atomic E-state index is 13.0. The molecule has 1 aromatic heterocycles. The van der Waals surface area contributed by atoms with Crippen molar-refractivity contribution in [3.05, 3.63) is 92.1 Å². The lowest BCUT2D eigenvalue weighted by Gasteiger charge is -2.26. The minimum Gasteiger partial charge on any atom is -0.454 e. The maximum Gasteiger partial charge on any atom is 0.333 e. The number of rotatable bonds is 2. The van der Waals surface area contributed by atoms with Crippen LogP contribution in [-0.4, -0.2) is 15.9 Å². The second-order valence-electron chi connectivity index (χ2n) is 7.01. The number of hydrogen-bond acceptors (Lipinski definition) is 5. The summed E-state index contributed by atoms with van der Waals surface area (Å²) in [7, 11) is 3.07. The van der Waals surface area contributed by atoms with Crippen LogP contribution in [0.2, 0.25) is 0 Å². The van der Waals surface area contributed by atoms with Gasteiger partial charge in [-0.2, -0.15) is 0 Å². The zero-order chi connectivity index (χ0) is 20.1. The van der Waals surface area contributed by atoms with Crippen LogP contribution >= 0.6 is 0 Å². The molecule has 0 bridgehead atoms. The van der Waals surface area contributed by atoms with Crippen molar-refractivity contribution in [2.24, 2.45) is 14.1 Å². The van der Waals surface area contributed by atoms with Gasteiger partial charge in [0.1, 0.15) is 5.76 Å². The van der Waals surface area contributed by atoms with E-state index in [0.29, 0.717) is 22.8 Å². The third-order valence-electron chi connectivity index (χ3n) is 5.29. The molecule has 3 aromatic rings. The molecule has 0 aliphatic carbocycles. The average Bonchev–Trinajstić information content (AvgIpc) is 3.24. The van der Waals surface area contributed by atoms with Gasteiger partial charge in [0.25, 0.3) is 5.56 Å². The van der Waals surface area contributed by atoms with Crippen molar-refractivity contribution in [3.8, 4) is 17.4 Å². The smallest absolute Gasteiger partial charge is 0.333 e. The van der Waals surface area contributed by atoms with E-state index < -0.39 is 11.6 Å². The molecule has 2 aromatic carbocycles. The highest BCUT2D eigenvalue weighted by Crippen LogP contribution is 2.41. The topological polar surface area (TPSA) is 71.7 Å². The lowest BCUT2D eigenvalue weighted by molar-refractivity contribution is 0.174. The predicted molar refractivity (Wildman–Crippen MR) is 106 cm³/mol. The summed E-state index contributed by atoms with van der Waals surface area (Å²) in [6, 6.07) is 15.2. The first-order valence-electron chi connectivity index (χ1n) is 9.19. The molecule has 7 nitrogen and oxygen atoms in total. The van der Waals surface area contributed by atoms with Gasteiger partial charge in [0.15, 0.2) is 11.5 Å². The number of benzene rings is 2. The van der Waals surface area contributed by atoms with E-state index in [9.17, 15) is 9.59 Å². The van der Waals surface area contributed by atoms with Crippen LogP contribution in [0, 0.1) is 0 Å². The van der Waals surface area contributed by atoms with Crippen molar-refractivity contribution in [1.82, 2.24) is 9.13 Å². The molecule has 0 saturated heterocycles. The fraction of sp³-hybridized carbons (Fsp3) is 0.182. The minimum absolute atomic E-state index is 0.171. The van der Waals surface area contributed by atoms with Gasteiger partial charge in [0.05, 0.1) is 5.56 Å². The van der Waals surface area contributed by atoms with E-state index in [0.717, 1.165) is 15.7 Å². The lowest BCUT2D eigenvalue weighted by Crippen LogP contribution is -2.41. The SMILES string of the molecule is Cn1c2c(c(=O)n(C)c1=O)[C@H](c1ccc3c(c1)OCO3)C=C(c1ccccc1)O2. The van der Waals surface area contributed by atoms with Gasteiger partial charge in [-0.3, -0.25) is 13.9 Å². The number of hydrogen-bond donors (Lipinski definition) is 0. The van der Waals surface area contributed by atoms with Gasteiger partial charge in [0.2, 0.25) is 12.7 Å². The van der Waals surface area contributed by atoms with Crippen molar-refractivity contribution in [2.75, 3.05) is 6.79 Å². The lowest BCUT2D eigenvalue weighted by atomic mass is 9.89. The van der Waals surface area contributed by atoms with Crippen molar-refractivity contribution >= 4 is 5.76 Å². The second-order valence-corrected chi connectivity index (χ2v) is 7.01. The molecule has 1 atom stereocenters. The molecule has 2 aliphatic rings. The zero-order valence-corrected chi connectivity index (χ0v) is 15.9. The highest BCUT2D eigenvalue weighted by molar-refractivity contribution is 5.67. The van der Waals surface area contributed by atoms with Gasteiger partial charge in [-0.25, -0.2) is 4.79 Å². The van der Waals surface area contributed by atoms with E-state index in [1.165, 1.54) is 11.6 Å². The van der Waals surface area contributed by atoms with E-state index in [1.54, 1.807) is 7.05 Å². The first kappa shape index (κ1) is 17.4. The molecule has 5 rings (SSSR count). The molecule has 0 unspecified atom stereocenters. The van der Waals surface area contributed by atoms with Gasteiger partial charge in [-0.05, 0) is 23.8 Å². The van der Waals surface area contributed by atoms with Gasteiger partial charge < -0.3 is 14.2 Å². The third kappa shape index (κ3) is 2.66. The predicted octanol–water partition coefficient (Wildman–Crippen LogP) is 2.38. The Labute approximate surface area is 166 Å². The molecule has 0 saturated carbocycles. The normalized spacial score (nSPS) is 16.8. The maximum absolute atomic E-state index is 13.0. The first-order chi connectivity index (χ1) is 14.0. The monoisotopic (exact) mass is 390 g/mol. The summed E-state index contributed by atoms with van der Waals surface area (Å²) in [4.78, 5) is 25.5. The van der Waals surface area contributed by atoms with Crippen LogP contribution in [0.15, 0.2) is 64.2 Å². The van der Waals surface area contributed by atoms with Crippen LogP contribution in [0.25, 0.3) is 5.76 Å². The van der Waals surface area contributed by atoms with Crippen LogP contribution in [-0.2, 0) is 14.1 Å². The van der Waals surface area contributed by atoms with Crippen molar-refractivity contribution in [1.29, 1.82) is 0 Å². The van der Waals surface area contributed by atoms with Gasteiger partial charge in [0, 0.05) is 25.6 Å². The Kier molecular flexibility index (Phi) is 3.84. The summed E-state index contributed by atoms with van der Waals surface area (Å²) < 4.78 is 19.5. The average molecular weight is 390 g/mol. The molecule has 0 spiro atoms. The van der Waals surface area contributed by atoms with E-state index in [2.05, 4.69) is 0 Å². The number of ether oxygens (including phenoxy) is 3. The Morgan fingerprint density at radius 3 is 2.48 bits per heavy atom.